The largest absolute Gasteiger partial charge is 0.477 e. The normalized spacial score (nSPS) is 10.9. The molecule has 0 atom stereocenters. The first kappa shape index (κ1) is 15.3. The monoisotopic (exact) mass is 309 g/mol. The fourth-order valence-corrected chi connectivity index (χ4v) is 2.10. The summed E-state index contributed by atoms with van der Waals surface area (Å²) in [5, 5.41) is 9.02. The molecule has 2 aromatic rings. The van der Waals surface area contributed by atoms with Crippen molar-refractivity contribution in [3.8, 4) is 11.1 Å². The van der Waals surface area contributed by atoms with E-state index in [1.54, 1.807) is 10.8 Å². The van der Waals surface area contributed by atoms with E-state index in [0.29, 0.717) is 5.56 Å². The molecule has 2 rings (SSSR count). The number of rotatable bonds is 3. The van der Waals surface area contributed by atoms with Gasteiger partial charge in [-0.3, -0.25) is 4.79 Å². The molecular formula is C15H13ClFNO3. The topological polar surface area (TPSA) is 59.3 Å². The standard InChI is InChI=1S/C15H13ClFNO3/c1-8(2)18-6-10(14(19)11(7-18)15(20)21)9-3-4-13(17)12(16)5-9/h3-8H,1-2H3,(H,20,21). The van der Waals surface area contributed by atoms with Gasteiger partial charge in [0, 0.05) is 24.0 Å². The van der Waals surface area contributed by atoms with Crippen molar-refractivity contribution in [1.82, 2.24) is 4.57 Å². The number of carboxylic acids is 1. The van der Waals surface area contributed by atoms with Gasteiger partial charge in [-0.15, -0.1) is 0 Å². The fraction of sp³-hybridized carbons (Fsp3) is 0.200. The highest BCUT2D eigenvalue weighted by atomic mass is 35.5. The van der Waals surface area contributed by atoms with Gasteiger partial charge in [0.1, 0.15) is 11.4 Å². The van der Waals surface area contributed by atoms with Crippen LogP contribution in [0.4, 0.5) is 4.39 Å². The lowest BCUT2D eigenvalue weighted by atomic mass is 10.0. The number of pyridine rings is 1. The number of benzene rings is 1. The number of aromatic nitrogens is 1. The fourth-order valence-electron chi connectivity index (χ4n) is 1.92. The number of hydrogen-bond donors (Lipinski definition) is 1. The molecule has 0 radical (unpaired) electrons. The van der Waals surface area contributed by atoms with Crippen molar-refractivity contribution >= 4 is 17.6 Å². The molecule has 6 heteroatoms. The van der Waals surface area contributed by atoms with Crippen LogP contribution in [-0.2, 0) is 0 Å². The van der Waals surface area contributed by atoms with Crippen LogP contribution in [0.15, 0.2) is 35.4 Å². The molecule has 4 nitrogen and oxygen atoms in total. The zero-order valence-corrected chi connectivity index (χ0v) is 12.2. The summed E-state index contributed by atoms with van der Waals surface area (Å²) in [6.07, 6.45) is 2.84. The Hall–Kier alpha value is -2.14. The van der Waals surface area contributed by atoms with Gasteiger partial charge in [-0.2, -0.15) is 0 Å². The Kier molecular flexibility index (Phi) is 4.14. The predicted octanol–water partition coefficient (Wildman–Crippen LogP) is 3.59. The van der Waals surface area contributed by atoms with E-state index in [9.17, 15) is 14.0 Å². The first-order chi connectivity index (χ1) is 9.81. The summed E-state index contributed by atoms with van der Waals surface area (Å²) in [5.41, 5.74) is -0.405. The van der Waals surface area contributed by atoms with Crippen LogP contribution in [-0.4, -0.2) is 15.6 Å². The summed E-state index contributed by atoms with van der Waals surface area (Å²) < 4.78 is 14.8. The van der Waals surface area contributed by atoms with E-state index in [1.807, 2.05) is 13.8 Å². The Bertz CT molecular complexity index is 768. The summed E-state index contributed by atoms with van der Waals surface area (Å²) in [5.74, 6) is -1.90. The molecule has 0 aliphatic carbocycles. The number of aromatic carboxylic acids is 1. The lowest BCUT2D eigenvalue weighted by molar-refractivity contribution is 0.0694. The molecule has 1 aromatic carbocycles. The van der Waals surface area contributed by atoms with Crippen LogP contribution in [0, 0.1) is 5.82 Å². The van der Waals surface area contributed by atoms with Crippen LogP contribution in [0.1, 0.15) is 30.2 Å². The number of hydrogen-bond acceptors (Lipinski definition) is 2. The summed E-state index contributed by atoms with van der Waals surface area (Å²) in [6, 6.07) is 3.82. The third-order valence-electron chi connectivity index (χ3n) is 3.10. The second-order valence-corrected chi connectivity index (χ2v) is 5.30. The highest BCUT2D eigenvalue weighted by Gasteiger charge is 2.16. The van der Waals surface area contributed by atoms with Crippen LogP contribution in [0.5, 0.6) is 0 Å². The van der Waals surface area contributed by atoms with E-state index in [1.165, 1.54) is 18.3 Å². The Morgan fingerprint density at radius 2 is 2.00 bits per heavy atom. The highest BCUT2D eigenvalue weighted by Crippen LogP contribution is 2.23. The van der Waals surface area contributed by atoms with Gasteiger partial charge < -0.3 is 9.67 Å². The Morgan fingerprint density at radius 1 is 1.33 bits per heavy atom. The smallest absolute Gasteiger partial charge is 0.341 e. The molecule has 1 N–H and O–H groups in total. The molecule has 0 bridgehead atoms. The van der Waals surface area contributed by atoms with Crippen LogP contribution in [0.3, 0.4) is 0 Å². The van der Waals surface area contributed by atoms with Gasteiger partial charge in [0.05, 0.1) is 5.02 Å². The van der Waals surface area contributed by atoms with Crippen LogP contribution in [0.25, 0.3) is 11.1 Å². The lowest BCUT2D eigenvalue weighted by Crippen LogP contribution is -2.20. The van der Waals surface area contributed by atoms with Crippen molar-refractivity contribution in [2.24, 2.45) is 0 Å². The minimum Gasteiger partial charge on any atom is -0.477 e. The van der Waals surface area contributed by atoms with Crippen molar-refractivity contribution in [2.45, 2.75) is 19.9 Å². The van der Waals surface area contributed by atoms with Crippen molar-refractivity contribution < 1.29 is 14.3 Å². The molecular weight excluding hydrogens is 297 g/mol. The number of carboxylic acid groups (broad SMARTS) is 1. The van der Waals surface area contributed by atoms with Gasteiger partial charge in [0.25, 0.3) is 0 Å². The Balaban J connectivity index is 2.75. The zero-order chi connectivity index (χ0) is 15.7. The molecule has 0 unspecified atom stereocenters. The molecule has 0 saturated heterocycles. The summed E-state index contributed by atoms with van der Waals surface area (Å²) in [7, 11) is 0. The molecule has 0 amide bonds. The highest BCUT2D eigenvalue weighted by molar-refractivity contribution is 6.31. The third kappa shape index (κ3) is 2.97. The maximum absolute atomic E-state index is 13.2. The van der Waals surface area contributed by atoms with E-state index in [2.05, 4.69) is 0 Å². The minimum absolute atomic E-state index is 0.0293. The molecule has 1 aromatic heterocycles. The van der Waals surface area contributed by atoms with E-state index < -0.39 is 17.2 Å². The van der Waals surface area contributed by atoms with Gasteiger partial charge in [-0.25, -0.2) is 9.18 Å². The molecule has 0 spiro atoms. The van der Waals surface area contributed by atoms with Crippen molar-refractivity contribution in [3.63, 3.8) is 0 Å². The molecule has 1 heterocycles. The maximum Gasteiger partial charge on any atom is 0.341 e. The second-order valence-electron chi connectivity index (χ2n) is 4.89. The number of carbonyl (C=O) groups is 1. The second kappa shape index (κ2) is 5.69. The summed E-state index contributed by atoms with van der Waals surface area (Å²) >= 11 is 5.72. The van der Waals surface area contributed by atoms with Crippen LogP contribution >= 0.6 is 11.6 Å². The molecule has 0 saturated carbocycles. The van der Waals surface area contributed by atoms with Crippen molar-refractivity contribution in [1.29, 1.82) is 0 Å². The van der Waals surface area contributed by atoms with Gasteiger partial charge in [-0.1, -0.05) is 17.7 Å². The first-order valence-electron chi connectivity index (χ1n) is 6.25. The zero-order valence-electron chi connectivity index (χ0n) is 11.4. The number of nitrogens with zero attached hydrogens (tertiary/aromatic N) is 1. The molecule has 0 aliphatic heterocycles. The minimum atomic E-state index is -1.30. The van der Waals surface area contributed by atoms with Gasteiger partial charge in [-0.05, 0) is 31.5 Å². The maximum atomic E-state index is 13.2. The Labute approximate surface area is 125 Å². The van der Waals surface area contributed by atoms with Gasteiger partial charge in [0.2, 0.25) is 5.43 Å². The molecule has 0 aliphatic rings. The third-order valence-corrected chi connectivity index (χ3v) is 3.39. The van der Waals surface area contributed by atoms with Crippen LogP contribution in [0.2, 0.25) is 5.02 Å². The number of halogens is 2. The average Bonchev–Trinajstić information content (AvgIpc) is 2.41. The molecule has 110 valence electrons. The van der Waals surface area contributed by atoms with Crippen molar-refractivity contribution in [3.05, 3.63) is 57.2 Å². The predicted molar refractivity (Wildman–Crippen MR) is 78.5 cm³/mol. The van der Waals surface area contributed by atoms with E-state index in [4.69, 9.17) is 16.7 Å². The quantitative estimate of drug-likeness (QED) is 0.942. The first-order valence-corrected chi connectivity index (χ1v) is 6.63. The summed E-state index contributed by atoms with van der Waals surface area (Å²) in [6.45, 7) is 3.72. The van der Waals surface area contributed by atoms with Crippen molar-refractivity contribution in [2.75, 3.05) is 0 Å². The summed E-state index contributed by atoms with van der Waals surface area (Å²) in [4.78, 5) is 23.5. The SMILES string of the molecule is CC(C)n1cc(C(=O)O)c(=O)c(-c2ccc(F)c(Cl)c2)c1. The van der Waals surface area contributed by atoms with Gasteiger partial charge >= 0.3 is 5.97 Å². The van der Waals surface area contributed by atoms with Crippen LogP contribution < -0.4 is 5.43 Å². The van der Waals surface area contributed by atoms with Gasteiger partial charge in [0.15, 0.2) is 0 Å². The molecule has 21 heavy (non-hydrogen) atoms. The Morgan fingerprint density at radius 3 is 2.52 bits per heavy atom. The van der Waals surface area contributed by atoms with E-state index in [0.717, 1.165) is 6.07 Å². The van der Waals surface area contributed by atoms with E-state index in [-0.39, 0.29) is 22.2 Å². The van der Waals surface area contributed by atoms with E-state index >= 15 is 0 Å². The average molecular weight is 310 g/mol. The molecule has 0 fully saturated rings. The lowest BCUT2D eigenvalue weighted by Gasteiger charge is -2.14.